The summed E-state index contributed by atoms with van der Waals surface area (Å²) in [5.74, 6) is -2.96. The zero-order valence-electron chi connectivity index (χ0n) is 23.6. The molecule has 3 aromatic rings. The highest BCUT2D eigenvalue weighted by atomic mass is 35.5. The third kappa shape index (κ3) is 7.69. The van der Waals surface area contributed by atoms with Crippen molar-refractivity contribution in [3.05, 3.63) is 59.2 Å². The Kier molecular flexibility index (Phi) is 10.6. The maximum absolute atomic E-state index is 14.5. The number of halogens is 6. The smallest absolute Gasteiger partial charge is 0.480 e. The number of hydrogen-bond donors (Lipinski definition) is 1. The number of fused-ring (bicyclic) bond motifs is 3. The van der Waals surface area contributed by atoms with E-state index >= 15 is 0 Å². The van der Waals surface area contributed by atoms with E-state index in [4.69, 9.17) is 5.11 Å². The molecule has 4 heterocycles. The molecule has 2 aliphatic heterocycles. The molecule has 1 amide bonds. The second-order valence-electron chi connectivity index (χ2n) is 11.2. The number of pyridine rings is 1. The Labute approximate surface area is 258 Å². The minimum Gasteiger partial charge on any atom is -0.480 e. The second kappa shape index (κ2) is 13.2. The summed E-state index contributed by atoms with van der Waals surface area (Å²) in [6, 6.07) is 7.14. The number of carboxylic acid groups (broad SMARTS) is 1. The molecule has 1 N–H and O–H groups in total. The molecule has 2 aromatic heterocycles. The minimum atomic E-state index is -5.00. The first-order chi connectivity index (χ1) is 19.3. The van der Waals surface area contributed by atoms with Crippen LogP contribution in [0.25, 0.3) is 11.0 Å². The number of rotatable bonds is 7. The van der Waals surface area contributed by atoms with Gasteiger partial charge in [0.15, 0.2) is 11.6 Å². The molecule has 0 atom stereocenters. The van der Waals surface area contributed by atoms with Crippen LogP contribution in [0.2, 0.25) is 0 Å². The zero-order chi connectivity index (χ0) is 29.5. The predicted molar refractivity (Wildman–Crippen MR) is 155 cm³/mol. The number of benzene rings is 1. The van der Waals surface area contributed by atoms with Crippen LogP contribution in [0.1, 0.15) is 30.7 Å². The van der Waals surface area contributed by atoms with Gasteiger partial charge in [-0.1, -0.05) is 19.9 Å². The quantitative estimate of drug-likeness (QED) is 0.382. The summed E-state index contributed by atoms with van der Waals surface area (Å²) in [6.07, 6.45) is -3.36. The molecular formula is C28H33Cl2F4N5O4. The van der Waals surface area contributed by atoms with Gasteiger partial charge in [0.05, 0.1) is 19.6 Å². The molecule has 0 bridgehead atoms. The van der Waals surface area contributed by atoms with Gasteiger partial charge in [0.2, 0.25) is 5.91 Å². The van der Waals surface area contributed by atoms with Crippen molar-refractivity contribution in [2.45, 2.75) is 38.7 Å². The first kappa shape index (κ1) is 34.4. The lowest BCUT2D eigenvalue weighted by molar-refractivity contribution is -0.275. The average Bonchev–Trinajstić information content (AvgIpc) is 3.20. The molecule has 9 nitrogen and oxygen atoms in total. The maximum atomic E-state index is 14.5. The Bertz CT molecular complexity index is 1480. The molecule has 1 aromatic carbocycles. The monoisotopic (exact) mass is 649 g/mol. The predicted octanol–water partition coefficient (Wildman–Crippen LogP) is 4.29. The molecule has 1 saturated heterocycles. The van der Waals surface area contributed by atoms with E-state index in [0.29, 0.717) is 50.5 Å². The highest BCUT2D eigenvalue weighted by molar-refractivity contribution is 5.86. The van der Waals surface area contributed by atoms with E-state index in [-0.39, 0.29) is 50.4 Å². The molecule has 0 unspecified atom stereocenters. The van der Waals surface area contributed by atoms with Crippen LogP contribution in [0.3, 0.4) is 0 Å². The molecular weight excluding hydrogens is 617 g/mol. The number of carbonyl (C=O) groups excluding carboxylic acids is 1. The Morgan fingerprint density at radius 1 is 1.05 bits per heavy atom. The first-order valence-corrected chi connectivity index (χ1v) is 13.3. The number of carboxylic acids is 1. The van der Waals surface area contributed by atoms with Crippen LogP contribution in [0.5, 0.6) is 5.75 Å². The normalized spacial score (nSPS) is 17.1. The molecule has 0 radical (unpaired) electrons. The van der Waals surface area contributed by atoms with Crippen molar-refractivity contribution in [3.8, 4) is 5.75 Å². The zero-order valence-corrected chi connectivity index (χ0v) is 25.2. The molecule has 1 fully saturated rings. The lowest BCUT2D eigenvalue weighted by Crippen LogP contribution is -2.53. The van der Waals surface area contributed by atoms with Gasteiger partial charge in [0.25, 0.3) is 0 Å². The Balaban J connectivity index is 0.00000253. The van der Waals surface area contributed by atoms with E-state index < -0.39 is 29.3 Å². The summed E-state index contributed by atoms with van der Waals surface area (Å²) >= 11 is 0. The Morgan fingerprint density at radius 2 is 1.70 bits per heavy atom. The topological polar surface area (TPSA) is 91.1 Å². The number of amides is 1. The van der Waals surface area contributed by atoms with E-state index in [1.807, 2.05) is 26.5 Å². The molecule has 0 aliphatic carbocycles. The van der Waals surface area contributed by atoms with E-state index in [1.165, 1.54) is 6.07 Å². The maximum Gasteiger partial charge on any atom is 0.573 e. The molecule has 5 rings (SSSR count). The van der Waals surface area contributed by atoms with Crippen LogP contribution in [0, 0.1) is 5.82 Å². The van der Waals surface area contributed by atoms with Crippen molar-refractivity contribution >= 4 is 47.7 Å². The van der Waals surface area contributed by atoms with Gasteiger partial charge in [-0.25, -0.2) is 9.37 Å². The Hall–Kier alpha value is -3.13. The first-order valence-electron chi connectivity index (χ1n) is 13.3. The molecule has 0 saturated carbocycles. The van der Waals surface area contributed by atoms with E-state index in [2.05, 4.69) is 23.6 Å². The number of hydrogen-bond acceptors (Lipinski definition) is 6. The van der Waals surface area contributed by atoms with Gasteiger partial charge in [0, 0.05) is 62.0 Å². The summed E-state index contributed by atoms with van der Waals surface area (Å²) in [5, 5.41) is 9.93. The van der Waals surface area contributed by atoms with E-state index in [9.17, 15) is 27.2 Å². The number of aromatic nitrogens is 2. The van der Waals surface area contributed by atoms with Crippen molar-refractivity contribution in [2.75, 3.05) is 45.8 Å². The minimum absolute atomic E-state index is 0. The number of nitrogens with zero attached hydrogens (tertiary/aromatic N) is 5. The van der Waals surface area contributed by atoms with E-state index in [0.717, 1.165) is 28.8 Å². The van der Waals surface area contributed by atoms with E-state index in [1.54, 1.807) is 11.1 Å². The van der Waals surface area contributed by atoms with Gasteiger partial charge in [-0.05, 0) is 35.4 Å². The fourth-order valence-corrected chi connectivity index (χ4v) is 5.91. The van der Waals surface area contributed by atoms with Crippen LogP contribution >= 0.6 is 24.8 Å². The molecule has 236 valence electrons. The standard InChI is InChI=1S/C28H31F4N5O4.2ClH/c1-27(2)17-36(23(38)15-34-8-10-35(11-9-34)16-24(39)40)14-21-25(27)19-4-3-7-33-26(19)37(21)13-18-5-6-22(20(29)12-18)41-28(30,31)32;;/h3-7,12H,8-11,13-17H2,1-2H3,(H,39,40);2*1H. The largest absolute Gasteiger partial charge is 0.573 e. The van der Waals surface area contributed by atoms with Crippen molar-refractivity contribution < 1.29 is 37.0 Å². The summed E-state index contributed by atoms with van der Waals surface area (Å²) in [5.41, 5.74) is 2.49. The SMILES string of the molecule is CC1(C)CN(C(=O)CN2CCN(CC(=O)O)CC2)Cc2c1c1cccnc1n2Cc1ccc(OC(F)(F)F)c(F)c1.Cl.Cl. The molecule has 43 heavy (non-hydrogen) atoms. The van der Waals surface area contributed by atoms with Crippen LogP contribution < -0.4 is 4.74 Å². The van der Waals surface area contributed by atoms with Gasteiger partial charge in [-0.15, -0.1) is 38.0 Å². The van der Waals surface area contributed by atoms with Crippen LogP contribution in [-0.2, 0) is 28.1 Å². The summed E-state index contributed by atoms with van der Waals surface area (Å²) in [7, 11) is 0. The third-order valence-electron chi connectivity index (χ3n) is 7.63. The molecule has 15 heteroatoms. The average molecular weight is 651 g/mol. The number of ether oxygens (including phenoxy) is 1. The van der Waals surface area contributed by atoms with Crippen molar-refractivity contribution in [1.29, 1.82) is 0 Å². The highest BCUT2D eigenvalue weighted by Gasteiger charge is 2.39. The third-order valence-corrected chi connectivity index (χ3v) is 7.63. The van der Waals surface area contributed by atoms with Gasteiger partial charge < -0.3 is 19.3 Å². The number of carbonyl (C=O) groups is 2. The fourth-order valence-electron chi connectivity index (χ4n) is 5.91. The number of alkyl halides is 3. The van der Waals surface area contributed by atoms with Gasteiger partial charge in [0.1, 0.15) is 5.65 Å². The summed E-state index contributed by atoms with van der Waals surface area (Å²) < 4.78 is 58.0. The van der Waals surface area contributed by atoms with Gasteiger partial charge >= 0.3 is 12.3 Å². The van der Waals surface area contributed by atoms with Crippen molar-refractivity contribution in [1.82, 2.24) is 24.3 Å². The lowest BCUT2D eigenvalue weighted by Gasteiger charge is -2.40. The van der Waals surface area contributed by atoms with Crippen LogP contribution in [0.4, 0.5) is 17.6 Å². The number of aliphatic carboxylic acids is 1. The van der Waals surface area contributed by atoms with Crippen molar-refractivity contribution in [3.63, 3.8) is 0 Å². The Morgan fingerprint density at radius 3 is 2.30 bits per heavy atom. The van der Waals surface area contributed by atoms with Gasteiger partial charge in [-0.2, -0.15) is 0 Å². The summed E-state index contributed by atoms with van der Waals surface area (Å²) in [6.45, 7) is 7.51. The number of piperazine rings is 1. The molecule has 0 spiro atoms. The second-order valence-corrected chi connectivity index (χ2v) is 11.2. The fraction of sp³-hybridized carbons (Fsp3) is 0.464. The van der Waals surface area contributed by atoms with Gasteiger partial charge in [-0.3, -0.25) is 19.4 Å². The van der Waals surface area contributed by atoms with Crippen molar-refractivity contribution in [2.24, 2.45) is 0 Å². The van der Waals surface area contributed by atoms with Crippen LogP contribution in [-0.4, -0.2) is 93.4 Å². The molecule has 2 aliphatic rings. The van der Waals surface area contributed by atoms with Crippen LogP contribution in [0.15, 0.2) is 36.5 Å². The summed E-state index contributed by atoms with van der Waals surface area (Å²) in [4.78, 5) is 34.7. The lowest BCUT2D eigenvalue weighted by atomic mass is 9.79. The highest BCUT2D eigenvalue weighted by Crippen LogP contribution is 2.40.